The van der Waals surface area contributed by atoms with Gasteiger partial charge in [0.1, 0.15) is 22.2 Å². The zero-order valence-electron chi connectivity index (χ0n) is 18.6. The van der Waals surface area contributed by atoms with E-state index in [1.54, 1.807) is 6.92 Å². The maximum atomic E-state index is 14.2. The van der Waals surface area contributed by atoms with E-state index < -0.39 is 73.9 Å². The van der Waals surface area contributed by atoms with Gasteiger partial charge in [-0.15, -0.1) is 0 Å². The second-order valence-corrected chi connectivity index (χ2v) is 10.5. The summed E-state index contributed by atoms with van der Waals surface area (Å²) in [4.78, 5) is 40.5. The number of halogens is 3. The minimum atomic E-state index is -3.80. The van der Waals surface area contributed by atoms with Crippen molar-refractivity contribution in [3.8, 4) is 5.75 Å². The highest BCUT2D eigenvalue weighted by atomic mass is 35.5. The second-order valence-electron chi connectivity index (χ2n) is 8.35. The summed E-state index contributed by atoms with van der Waals surface area (Å²) < 4.78 is 55.4. The molecule has 0 saturated heterocycles. The van der Waals surface area contributed by atoms with Crippen LogP contribution in [0.5, 0.6) is 5.75 Å². The molecule has 35 heavy (non-hydrogen) atoms. The Morgan fingerprint density at radius 1 is 1.29 bits per heavy atom. The van der Waals surface area contributed by atoms with Crippen LogP contribution in [0.1, 0.15) is 57.5 Å². The number of likely N-dealkylation sites (N-methyl/N-ethyl adjacent to an activating group) is 1. The molecule has 14 heteroatoms. The molecule has 0 bridgehead atoms. The SMILES string of the molecule is CCN1CC2C[C@@H](NS(C)(=O)=O)c3c(C(=O)NCc4ccc(F)c(Cl)c4F)c(=O)c(O)c(n32)C1=O. The number of rotatable bonds is 6. The van der Waals surface area contributed by atoms with Crippen LogP contribution in [0, 0.1) is 11.6 Å². The van der Waals surface area contributed by atoms with Gasteiger partial charge >= 0.3 is 0 Å². The molecule has 10 nitrogen and oxygen atoms in total. The Hall–Kier alpha value is -3.03. The molecular formula is C21H21ClF2N4O6S. The van der Waals surface area contributed by atoms with E-state index in [9.17, 15) is 36.7 Å². The van der Waals surface area contributed by atoms with Crippen molar-refractivity contribution in [2.75, 3.05) is 19.3 Å². The number of hydrogen-bond acceptors (Lipinski definition) is 6. The summed E-state index contributed by atoms with van der Waals surface area (Å²) in [5.74, 6) is -4.69. The lowest BCUT2D eigenvalue weighted by atomic mass is 10.0. The predicted molar refractivity (Wildman–Crippen MR) is 121 cm³/mol. The lowest BCUT2D eigenvalue weighted by Crippen LogP contribution is -2.44. The van der Waals surface area contributed by atoms with Crippen molar-refractivity contribution in [1.82, 2.24) is 19.5 Å². The molecule has 2 aliphatic heterocycles. The van der Waals surface area contributed by atoms with Crippen molar-refractivity contribution < 1.29 is 31.9 Å². The first-order valence-electron chi connectivity index (χ1n) is 10.5. The van der Waals surface area contributed by atoms with Crippen molar-refractivity contribution in [1.29, 1.82) is 0 Å². The van der Waals surface area contributed by atoms with Crippen LogP contribution in [0.25, 0.3) is 0 Å². The molecule has 1 aromatic carbocycles. The van der Waals surface area contributed by atoms with Crippen LogP contribution in [0.2, 0.25) is 5.02 Å². The van der Waals surface area contributed by atoms with Crippen molar-refractivity contribution in [3.05, 3.63) is 61.5 Å². The van der Waals surface area contributed by atoms with Gasteiger partial charge in [0.25, 0.3) is 11.8 Å². The molecule has 0 spiro atoms. The van der Waals surface area contributed by atoms with E-state index in [0.29, 0.717) is 0 Å². The van der Waals surface area contributed by atoms with Gasteiger partial charge in [0, 0.05) is 25.2 Å². The zero-order valence-corrected chi connectivity index (χ0v) is 20.1. The third kappa shape index (κ3) is 4.28. The van der Waals surface area contributed by atoms with Gasteiger partial charge < -0.3 is 19.9 Å². The van der Waals surface area contributed by atoms with Crippen LogP contribution in [0.15, 0.2) is 16.9 Å². The number of nitrogens with one attached hydrogen (secondary N) is 2. The van der Waals surface area contributed by atoms with Crippen LogP contribution in [-0.4, -0.2) is 54.2 Å². The smallest absolute Gasteiger partial charge is 0.274 e. The van der Waals surface area contributed by atoms with E-state index >= 15 is 0 Å². The Balaban J connectivity index is 1.82. The van der Waals surface area contributed by atoms with Gasteiger partial charge in [0.15, 0.2) is 11.4 Å². The lowest BCUT2D eigenvalue weighted by Gasteiger charge is -2.33. The van der Waals surface area contributed by atoms with Gasteiger partial charge in [-0.1, -0.05) is 17.7 Å². The molecule has 0 saturated carbocycles. The molecule has 4 rings (SSSR count). The first kappa shape index (κ1) is 25.1. The van der Waals surface area contributed by atoms with Crippen LogP contribution in [-0.2, 0) is 16.6 Å². The average Bonchev–Trinajstić information content (AvgIpc) is 3.11. The summed E-state index contributed by atoms with van der Waals surface area (Å²) in [6.45, 7) is 1.70. The highest BCUT2D eigenvalue weighted by Gasteiger charge is 2.45. The van der Waals surface area contributed by atoms with Crippen LogP contribution < -0.4 is 15.5 Å². The first-order valence-corrected chi connectivity index (χ1v) is 12.8. The Bertz CT molecular complexity index is 1430. The van der Waals surface area contributed by atoms with E-state index in [-0.39, 0.29) is 36.5 Å². The summed E-state index contributed by atoms with van der Waals surface area (Å²) in [7, 11) is -3.80. The van der Waals surface area contributed by atoms with Crippen molar-refractivity contribution in [2.24, 2.45) is 0 Å². The average molecular weight is 531 g/mol. The number of aromatic hydroxyl groups is 1. The van der Waals surface area contributed by atoms with E-state index in [2.05, 4.69) is 10.0 Å². The highest BCUT2D eigenvalue weighted by Crippen LogP contribution is 2.42. The number of carbonyl (C=O) groups excluding carboxylic acids is 2. The monoisotopic (exact) mass is 530 g/mol. The van der Waals surface area contributed by atoms with Crippen LogP contribution in [0.4, 0.5) is 8.78 Å². The third-order valence-electron chi connectivity index (χ3n) is 6.07. The quantitative estimate of drug-likeness (QED) is 0.483. The Morgan fingerprint density at radius 3 is 2.60 bits per heavy atom. The fraction of sp³-hybridized carbons (Fsp3) is 0.381. The van der Waals surface area contributed by atoms with E-state index in [0.717, 1.165) is 18.4 Å². The number of nitrogens with zero attached hydrogens (tertiary/aromatic N) is 2. The molecule has 1 aromatic heterocycles. The Labute approximate surface area is 203 Å². The molecule has 188 valence electrons. The number of pyridine rings is 1. The predicted octanol–water partition coefficient (Wildman–Crippen LogP) is 1.43. The highest BCUT2D eigenvalue weighted by molar-refractivity contribution is 7.88. The minimum absolute atomic E-state index is 0.0718. The van der Waals surface area contributed by atoms with Gasteiger partial charge in [0.2, 0.25) is 15.5 Å². The largest absolute Gasteiger partial charge is 0.503 e. The summed E-state index contributed by atoms with van der Waals surface area (Å²) >= 11 is 5.56. The summed E-state index contributed by atoms with van der Waals surface area (Å²) in [5.41, 5.74) is -2.32. The maximum Gasteiger partial charge on any atom is 0.274 e. The van der Waals surface area contributed by atoms with Gasteiger partial charge in [-0.05, 0) is 19.4 Å². The number of carbonyl (C=O) groups is 2. The molecule has 0 fully saturated rings. The maximum absolute atomic E-state index is 14.2. The first-order chi connectivity index (χ1) is 16.4. The lowest BCUT2D eigenvalue weighted by molar-refractivity contribution is 0.0675. The number of amides is 2. The molecule has 3 N–H and O–H groups in total. The molecule has 0 aliphatic carbocycles. The normalized spacial score (nSPS) is 19.1. The number of benzene rings is 1. The topological polar surface area (TPSA) is 138 Å². The van der Waals surface area contributed by atoms with Crippen molar-refractivity contribution >= 4 is 33.4 Å². The van der Waals surface area contributed by atoms with Gasteiger partial charge in [-0.3, -0.25) is 14.4 Å². The van der Waals surface area contributed by atoms with Gasteiger partial charge in [-0.2, -0.15) is 0 Å². The minimum Gasteiger partial charge on any atom is -0.503 e. The molecule has 3 heterocycles. The summed E-state index contributed by atoms with van der Waals surface area (Å²) in [5, 5.41) is 12.2. The number of aromatic nitrogens is 1. The van der Waals surface area contributed by atoms with Crippen molar-refractivity contribution in [2.45, 2.75) is 32.0 Å². The van der Waals surface area contributed by atoms with E-state index in [1.165, 1.54) is 9.47 Å². The second kappa shape index (κ2) is 8.88. The van der Waals surface area contributed by atoms with Crippen LogP contribution >= 0.6 is 11.6 Å². The van der Waals surface area contributed by atoms with E-state index in [1.807, 2.05) is 0 Å². The molecule has 2 atom stereocenters. The Morgan fingerprint density at radius 2 is 1.97 bits per heavy atom. The standard InChI is InChI=1S/C21H21ClF2N4O6S/c1-3-27-8-10-6-12(26-35(2,33)34)16-13(18(29)19(30)17(21(27)32)28(10)16)20(31)25-7-9-4-5-11(23)14(22)15(9)24/h4-5,10,12,26,30H,3,6-8H2,1-2H3,(H,25,31)/t10?,12-/m1/s1. The molecule has 0 radical (unpaired) electrons. The molecule has 2 aromatic rings. The zero-order chi connectivity index (χ0) is 25.8. The molecule has 2 aliphatic rings. The number of hydrogen-bond donors (Lipinski definition) is 3. The molecular weight excluding hydrogens is 510 g/mol. The fourth-order valence-corrected chi connectivity index (χ4v) is 5.49. The van der Waals surface area contributed by atoms with Crippen LogP contribution in [0.3, 0.4) is 0 Å². The Kier molecular flexibility index (Phi) is 6.36. The summed E-state index contributed by atoms with van der Waals surface area (Å²) in [6.07, 6.45) is 1.03. The van der Waals surface area contributed by atoms with Gasteiger partial charge in [0.05, 0.1) is 24.0 Å². The fourth-order valence-electron chi connectivity index (χ4n) is 4.58. The van der Waals surface area contributed by atoms with Gasteiger partial charge in [-0.25, -0.2) is 21.9 Å². The number of sulfonamides is 1. The molecule has 2 amide bonds. The molecule has 1 unspecified atom stereocenters. The van der Waals surface area contributed by atoms with E-state index in [4.69, 9.17) is 11.6 Å². The van der Waals surface area contributed by atoms with Crippen molar-refractivity contribution in [3.63, 3.8) is 0 Å². The summed E-state index contributed by atoms with van der Waals surface area (Å²) in [6, 6.07) is 0.427. The third-order valence-corrected chi connectivity index (χ3v) is 7.13.